The molecule has 0 unspecified atom stereocenters. The maximum atomic E-state index is 5.85. The fourth-order valence-corrected chi connectivity index (χ4v) is 1.25. The minimum atomic E-state index is 0.584. The number of guanidine groups is 1. The summed E-state index contributed by atoms with van der Waals surface area (Å²) >= 11 is 0. The van der Waals surface area contributed by atoms with Gasteiger partial charge >= 0.3 is 0 Å². The summed E-state index contributed by atoms with van der Waals surface area (Å²) < 4.78 is 0. The van der Waals surface area contributed by atoms with E-state index in [-0.39, 0.29) is 0 Å². The molecule has 3 nitrogen and oxygen atoms in total. The van der Waals surface area contributed by atoms with Crippen molar-refractivity contribution in [3.63, 3.8) is 0 Å². The van der Waals surface area contributed by atoms with E-state index in [1.807, 2.05) is 35.2 Å². The van der Waals surface area contributed by atoms with Gasteiger partial charge in [0.05, 0.1) is 5.69 Å². The van der Waals surface area contributed by atoms with Gasteiger partial charge in [-0.1, -0.05) is 18.2 Å². The Bertz CT molecular complexity index is 289. The molecule has 0 radical (unpaired) electrons. The minimum Gasteiger partial charge on any atom is -0.369 e. The van der Waals surface area contributed by atoms with Crippen molar-refractivity contribution in [1.29, 1.82) is 0 Å². The Kier molecular flexibility index (Phi) is 3.98. The number of para-hydroxylation sites is 1. The van der Waals surface area contributed by atoms with Gasteiger partial charge in [-0.2, -0.15) is 0 Å². The first-order chi connectivity index (χ1) is 6.77. The third-order valence-electron chi connectivity index (χ3n) is 2.09. The normalized spacial score (nSPS) is 11.4. The number of aliphatic imine (C=N–C) groups is 1. The van der Waals surface area contributed by atoms with E-state index in [0.717, 1.165) is 18.8 Å². The molecule has 0 aliphatic rings. The van der Waals surface area contributed by atoms with E-state index in [9.17, 15) is 0 Å². The van der Waals surface area contributed by atoms with Crippen LogP contribution in [-0.2, 0) is 0 Å². The zero-order valence-corrected chi connectivity index (χ0v) is 8.77. The molecule has 0 amide bonds. The molecule has 1 aromatic carbocycles. The van der Waals surface area contributed by atoms with Crippen molar-refractivity contribution in [3.05, 3.63) is 30.3 Å². The predicted molar refractivity (Wildman–Crippen MR) is 60.6 cm³/mol. The van der Waals surface area contributed by atoms with Crippen LogP contribution < -0.4 is 5.73 Å². The Hall–Kier alpha value is -1.51. The molecule has 0 fully saturated rings. The summed E-state index contributed by atoms with van der Waals surface area (Å²) in [5.41, 5.74) is 6.75. The van der Waals surface area contributed by atoms with E-state index in [0.29, 0.717) is 5.96 Å². The van der Waals surface area contributed by atoms with Gasteiger partial charge in [0, 0.05) is 13.1 Å². The third-order valence-corrected chi connectivity index (χ3v) is 2.09. The molecular formula is C11H17N3. The largest absolute Gasteiger partial charge is 0.369 e. The lowest BCUT2D eigenvalue weighted by Gasteiger charge is -2.19. The highest BCUT2D eigenvalue weighted by atomic mass is 15.2. The first-order valence-electron chi connectivity index (χ1n) is 4.92. The molecule has 2 N–H and O–H groups in total. The maximum absolute atomic E-state index is 5.85. The minimum absolute atomic E-state index is 0.584. The SMILES string of the molecule is CCN(CC)C(N)=Nc1ccccc1. The topological polar surface area (TPSA) is 41.6 Å². The van der Waals surface area contributed by atoms with E-state index in [1.165, 1.54) is 0 Å². The van der Waals surface area contributed by atoms with Gasteiger partial charge in [-0.15, -0.1) is 0 Å². The van der Waals surface area contributed by atoms with Gasteiger partial charge in [-0.05, 0) is 26.0 Å². The van der Waals surface area contributed by atoms with Crippen LogP contribution in [0.2, 0.25) is 0 Å². The summed E-state index contributed by atoms with van der Waals surface area (Å²) in [5.74, 6) is 0.584. The summed E-state index contributed by atoms with van der Waals surface area (Å²) in [6.07, 6.45) is 0. The highest BCUT2D eigenvalue weighted by Gasteiger charge is 2.01. The number of rotatable bonds is 3. The fraction of sp³-hybridized carbons (Fsp3) is 0.364. The predicted octanol–water partition coefficient (Wildman–Crippen LogP) is 1.97. The smallest absolute Gasteiger partial charge is 0.196 e. The Morgan fingerprint density at radius 3 is 2.29 bits per heavy atom. The van der Waals surface area contributed by atoms with Gasteiger partial charge in [-0.25, -0.2) is 4.99 Å². The Morgan fingerprint density at radius 2 is 1.79 bits per heavy atom. The van der Waals surface area contributed by atoms with Gasteiger partial charge in [0.15, 0.2) is 5.96 Å². The Balaban J connectivity index is 2.77. The van der Waals surface area contributed by atoms with Gasteiger partial charge in [0.1, 0.15) is 0 Å². The Labute approximate surface area is 85.3 Å². The molecule has 0 saturated heterocycles. The molecule has 0 atom stereocenters. The lowest BCUT2D eigenvalue weighted by atomic mass is 10.3. The number of hydrogen-bond acceptors (Lipinski definition) is 1. The average Bonchev–Trinajstić information content (AvgIpc) is 2.21. The van der Waals surface area contributed by atoms with Crippen LogP contribution in [0.3, 0.4) is 0 Å². The van der Waals surface area contributed by atoms with Crippen molar-refractivity contribution in [2.75, 3.05) is 13.1 Å². The lowest BCUT2D eigenvalue weighted by Crippen LogP contribution is -2.36. The first kappa shape index (κ1) is 10.6. The molecule has 0 heterocycles. The standard InChI is InChI=1S/C11H17N3/c1-3-14(4-2)11(12)13-10-8-6-5-7-9-10/h5-9H,3-4H2,1-2H3,(H2,12,13). The molecule has 0 aliphatic heterocycles. The van der Waals surface area contributed by atoms with Crippen molar-refractivity contribution < 1.29 is 0 Å². The molecule has 0 saturated carbocycles. The maximum Gasteiger partial charge on any atom is 0.196 e. The molecular weight excluding hydrogens is 174 g/mol. The second kappa shape index (κ2) is 5.27. The number of benzene rings is 1. The summed E-state index contributed by atoms with van der Waals surface area (Å²) in [5, 5.41) is 0. The van der Waals surface area contributed by atoms with E-state index in [4.69, 9.17) is 5.73 Å². The van der Waals surface area contributed by atoms with E-state index < -0.39 is 0 Å². The third kappa shape index (κ3) is 2.76. The molecule has 0 aliphatic carbocycles. The van der Waals surface area contributed by atoms with Crippen LogP contribution in [0.25, 0.3) is 0 Å². The van der Waals surface area contributed by atoms with Crippen molar-refractivity contribution in [3.8, 4) is 0 Å². The van der Waals surface area contributed by atoms with Crippen LogP contribution in [0.5, 0.6) is 0 Å². The summed E-state index contributed by atoms with van der Waals surface area (Å²) in [6, 6.07) is 9.75. The first-order valence-corrected chi connectivity index (χ1v) is 4.92. The Morgan fingerprint density at radius 1 is 1.21 bits per heavy atom. The lowest BCUT2D eigenvalue weighted by molar-refractivity contribution is 0.460. The van der Waals surface area contributed by atoms with E-state index in [2.05, 4.69) is 18.8 Å². The molecule has 76 valence electrons. The molecule has 0 aromatic heterocycles. The van der Waals surface area contributed by atoms with Crippen LogP contribution in [-0.4, -0.2) is 23.9 Å². The van der Waals surface area contributed by atoms with Crippen LogP contribution in [0.15, 0.2) is 35.3 Å². The van der Waals surface area contributed by atoms with E-state index >= 15 is 0 Å². The molecule has 14 heavy (non-hydrogen) atoms. The van der Waals surface area contributed by atoms with Crippen LogP contribution >= 0.6 is 0 Å². The monoisotopic (exact) mass is 191 g/mol. The highest BCUT2D eigenvalue weighted by molar-refractivity contribution is 5.80. The highest BCUT2D eigenvalue weighted by Crippen LogP contribution is 2.09. The van der Waals surface area contributed by atoms with Gasteiger partial charge in [-0.3, -0.25) is 0 Å². The summed E-state index contributed by atoms with van der Waals surface area (Å²) in [7, 11) is 0. The van der Waals surface area contributed by atoms with E-state index in [1.54, 1.807) is 0 Å². The number of nitrogens with zero attached hydrogens (tertiary/aromatic N) is 2. The molecule has 1 rings (SSSR count). The average molecular weight is 191 g/mol. The zero-order chi connectivity index (χ0) is 10.4. The van der Waals surface area contributed by atoms with Crippen molar-refractivity contribution >= 4 is 11.6 Å². The van der Waals surface area contributed by atoms with Gasteiger partial charge in [0.2, 0.25) is 0 Å². The molecule has 0 bridgehead atoms. The van der Waals surface area contributed by atoms with Gasteiger partial charge in [0.25, 0.3) is 0 Å². The van der Waals surface area contributed by atoms with Crippen LogP contribution in [0, 0.1) is 0 Å². The van der Waals surface area contributed by atoms with Crippen molar-refractivity contribution in [1.82, 2.24) is 4.90 Å². The van der Waals surface area contributed by atoms with Crippen molar-refractivity contribution in [2.24, 2.45) is 10.7 Å². The molecule has 3 heteroatoms. The second-order valence-electron chi connectivity index (χ2n) is 2.98. The zero-order valence-electron chi connectivity index (χ0n) is 8.77. The fourth-order valence-electron chi connectivity index (χ4n) is 1.25. The molecule has 0 spiro atoms. The molecule has 1 aromatic rings. The van der Waals surface area contributed by atoms with Crippen LogP contribution in [0.4, 0.5) is 5.69 Å². The van der Waals surface area contributed by atoms with Crippen molar-refractivity contribution in [2.45, 2.75) is 13.8 Å². The van der Waals surface area contributed by atoms with Crippen LogP contribution in [0.1, 0.15) is 13.8 Å². The second-order valence-corrected chi connectivity index (χ2v) is 2.98. The summed E-state index contributed by atoms with van der Waals surface area (Å²) in [6.45, 7) is 5.91. The number of nitrogens with two attached hydrogens (primary N) is 1. The van der Waals surface area contributed by atoms with Gasteiger partial charge < -0.3 is 10.6 Å². The number of hydrogen-bond donors (Lipinski definition) is 1. The quantitative estimate of drug-likeness (QED) is 0.586. The summed E-state index contributed by atoms with van der Waals surface area (Å²) in [4.78, 5) is 6.34.